The Morgan fingerprint density at radius 1 is 1.19 bits per heavy atom. The van der Waals surface area contributed by atoms with Crippen LogP contribution >= 0.6 is 0 Å². The Morgan fingerprint density at radius 3 is 2.38 bits per heavy atom. The van der Waals surface area contributed by atoms with E-state index in [-0.39, 0.29) is 6.73 Å². The van der Waals surface area contributed by atoms with Gasteiger partial charge < -0.3 is 9.57 Å². The van der Waals surface area contributed by atoms with E-state index >= 15 is 0 Å². The van der Waals surface area contributed by atoms with Crippen molar-refractivity contribution in [3.05, 3.63) is 31.0 Å². The number of aryl methyl sites for hydroxylation is 2. The lowest BCUT2D eigenvalue weighted by Crippen LogP contribution is -2.26. The van der Waals surface area contributed by atoms with Crippen LogP contribution in [-0.4, -0.2) is 37.3 Å². The maximum Gasteiger partial charge on any atom is 0.194 e. The highest BCUT2D eigenvalue weighted by molar-refractivity contribution is 5.43. The number of hydrogen-bond donors (Lipinski definition) is 0. The predicted octanol–water partition coefficient (Wildman–Crippen LogP) is 1.10. The van der Waals surface area contributed by atoms with Crippen molar-refractivity contribution in [1.82, 2.24) is 24.6 Å². The van der Waals surface area contributed by atoms with Crippen LogP contribution in [0.2, 0.25) is 0 Å². The number of nitrogens with zero attached hydrogens (tertiary/aromatic N) is 5. The molecule has 0 fully saturated rings. The van der Waals surface area contributed by atoms with Gasteiger partial charge in [0, 0.05) is 13.1 Å². The van der Waals surface area contributed by atoms with E-state index in [2.05, 4.69) is 10.2 Å². The average Bonchev–Trinajstić information content (AvgIpc) is 3.13. The molecule has 0 saturated carbocycles. The van der Waals surface area contributed by atoms with Crippen LogP contribution < -0.4 is 9.57 Å². The Balaban J connectivity index is 1.93. The first-order valence-electron chi connectivity index (χ1n) is 6.58. The Labute approximate surface area is 122 Å². The summed E-state index contributed by atoms with van der Waals surface area (Å²) in [5.41, 5.74) is 0. The lowest BCUT2D eigenvalue weighted by atomic mass is 10.6. The number of aromatic nitrogens is 4. The number of carbonyl (C=O) groups excluding carboxylic acids is 1. The van der Waals surface area contributed by atoms with E-state index in [1.54, 1.807) is 40.1 Å². The first-order chi connectivity index (χ1) is 10.2. The molecule has 0 bridgehead atoms. The van der Waals surface area contributed by atoms with Gasteiger partial charge in [0.05, 0.1) is 24.8 Å². The van der Waals surface area contributed by atoms with Crippen LogP contribution in [0.5, 0.6) is 11.5 Å². The fourth-order valence-corrected chi connectivity index (χ4v) is 1.58. The van der Waals surface area contributed by atoms with Crippen LogP contribution in [0.25, 0.3) is 0 Å². The highest BCUT2D eigenvalue weighted by atomic mass is 16.7. The maximum atomic E-state index is 10.5. The number of hydroxylamine groups is 2. The van der Waals surface area contributed by atoms with Crippen LogP contribution in [0.15, 0.2) is 31.0 Å². The van der Waals surface area contributed by atoms with E-state index in [9.17, 15) is 4.79 Å². The zero-order valence-electron chi connectivity index (χ0n) is 12.0. The summed E-state index contributed by atoms with van der Waals surface area (Å²) in [5, 5.41) is 9.40. The molecular formula is C13H17N5O3. The van der Waals surface area contributed by atoms with Crippen LogP contribution in [-0.2, 0) is 17.9 Å². The maximum absolute atomic E-state index is 10.5. The van der Waals surface area contributed by atoms with Crippen LogP contribution in [0.3, 0.4) is 0 Å². The summed E-state index contributed by atoms with van der Waals surface area (Å²) >= 11 is 0. The van der Waals surface area contributed by atoms with E-state index in [1.807, 2.05) is 13.8 Å². The third-order valence-electron chi connectivity index (χ3n) is 2.64. The lowest BCUT2D eigenvalue weighted by Gasteiger charge is -2.17. The van der Waals surface area contributed by atoms with Gasteiger partial charge in [-0.1, -0.05) is 0 Å². The van der Waals surface area contributed by atoms with Gasteiger partial charge in [0.25, 0.3) is 0 Å². The van der Waals surface area contributed by atoms with E-state index in [0.29, 0.717) is 11.5 Å². The quantitative estimate of drug-likeness (QED) is 0.412. The molecule has 2 aromatic rings. The van der Waals surface area contributed by atoms with Crippen LogP contribution in [0.1, 0.15) is 13.8 Å². The number of hydrogen-bond acceptors (Lipinski definition) is 6. The molecule has 0 spiro atoms. The zero-order chi connectivity index (χ0) is 15.1. The summed E-state index contributed by atoms with van der Waals surface area (Å²) < 4.78 is 8.94. The van der Waals surface area contributed by atoms with Crippen molar-refractivity contribution < 1.29 is 14.4 Å². The van der Waals surface area contributed by atoms with Crippen LogP contribution in [0.4, 0.5) is 0 Å². The smallest absolute Gasteiger partial charge is 0.194 e. The molecule has 0 unspecified atom stereocenters. The highest BCUT2D eigenvalue weighted by Gasteiger charge is 2.07. The van der Waals surface area contributed by atoms with Crippen molar-refractivity contribution in [2.45, 2.75) is 26.9 Å². The van der Waals surface area contributed by atoms with Crippen LogP contribution in [0, 0.1) is 0 Å². The number of rotatable bonds is 8. The second-order valence-electron chi connectivity index (χ2n) is 4.09. The summed E-state index contributed by atoms with van der Waals surface area (Å²) in [7, 11) is 0. The Morgan fingerprint density at radius 2 is 1.81 bits per heavy atom. The topological polar surface area (TPSA) is 74.4 Å². The van der Waals surface area contributed by atoms with E-state index in [4.69, 9.17) is 9.57 Å². The Kier molecular flexibility index (Phi) is 5.00. The SMILES string of the molecule is CCn1cc(OCN(C=C=O)Oc2cnn(CC)c2)cn1. The Bertz CT molecular complexity index is 615. The van der Waals surface area contributed by atoms with Gasteiger partial charge in [0.15, 0.2) is 18.2 Å². The molecule has 0 N–H and O–H groups in total. The molecule has 2 rings (SSSR count). The van der Waals surface area contributed by atoms with E-state index < -0.39 is 0 Å². The predicted molar refractivity (Wildman–Crippen MR) is 74.0 cm³/mol. The van der Waals surface area contributed by atoms with Gasteiger partial charge >= 0.3 is 0 Å². The molecule has 8 nitrogen and oxygen atoms in total. The van der Waals surface area contributed by atoms with Gasteiger partial charge in [-0.05, 0) is 13.8 Å². The van der Waals surface area contributed by atoms with Gasteiger partial charge in [0.2, 0.25) is 0 Å². The molecule has 0 radical (unpaired) electrons. The fraction of sp³-hybridized carbons (Fsp3) is 0.385. The molecule has 0 aromatic carbocycles. The minimum Gasteiger partial charge on any atom is -0.467 e. The van der Waals surface area contributed by atoms with Gasteiger partial charge in [-0.15, -0.1) is 0 Å². The second-order valence-corrected chi connectivity index (χ2v) is 4.09. The summed E-state index contributed by atoms with van der Waals surface area (Å²) in [6.45, 7) is 5.47. The molecule has 0 aliphatic carbocycles. The summed E-state index contributed by atoms with van der Waals surface area (Å²) in [6, 6.07) is 0. The van der Waals surface area contributed by atoms with Gasteiger partial charge in [-0.3, -0.25) is 9.36 Å². The molecule has 0 atom stereocenters. The minimum atomic E-state index is 0.0297. The average molecular weight is 291 g/mol. The van der Waals surface area contributed by atoms with Gasteiger partial charge in [-0.2, -0.15) is 15.3 Å². The van der Waals surface area contributed by atoms with Crippen molar-refractivity contribution in [1.29, 1.82) is 0 Å². The first kappa shape index (κ1) is 14.7. The summed E-state index contributed by atoms with van der Waals surface area (Å²) in [5.74, 6) is 2.76. The molecule has 0 saturated heterocycles. The molecule has 0 amide bonds. The molecule has 2 aromatic heterocycles. The standard InChI is InChI=1S/C13H17N5O3/c1-3-16-9-12(7-14-16)20-11-18(5-6-19)21-13-8-15-17(4-2)10-13/h5,7-10H,3-4,11H2,1-2H3. The monoisotopic (exact) mass is 291 g/mol. The van der Waals surface area contributed by atoms with Gasteiger partial charge in [0.1, 0.15) is 12.1 Å². The van der Waals surface area contributed by atoms with Gasteiger partial charge in [-0.25, -0.2) is 4.79 Å². The highest BCUT2D eigenvalue weighted by Crippen LogP contribution is 2.12. The zero-order valence-corrected chi connectivity index (χ0v) is 12.0. The molecule has 0 aliphatic rings. The van der Waals surface area contributed by atoms with Crippen molar-refractivity contribution in [3.8, 4) is 11.5 Å². The lowest BCUT2D eigenvalue weighted by molar-refractivity contribution is -0.0600. The molecule has 112 valence electrons. The third kappa shape index (κ3) is 4.12. The molecule has 21 heavy (non-hydrogen) atoms. The van der Waals surface area contributed by atoms with Crippen molar-refractivity contribution in [3.63, 3.8) is 0 Å². The minimum absolute atomic E-state index is 0.0297. The molecule has 2 heterocycles. The van der Waals surface area contributed by atoms with Crippen molar-refractivity contribution in [2.24, 2.45) is 0 Å². The molecular weight excluding hydrogens is 274 g/mol. The molecule has 8 heteroatoms. The van der Waals surface area contributed by atoms with E-state index in [1.165, 1.54) is 5.06 Å². The molecule has 0 aliphatic heterocycles. The normalized spacial score (nSPS) is 10.0. The summed E-state index contributed by atoms with van der Waals surface area (Å²) in [4.78, 5) is 16.0. The fourth-order valence-electron chi connectivity index (χ4n) is 1.58. The Hall–Kier alpha value is -2.73. The number of ether oxygens (including phenoxy) is 1. The van der Waals surface area contributed by atoms with Crippen molar-refractivity contribution >= 4 is 5.94 Å². The largest absolute Gasteiger partial charge is 0.467 e. The van der Waals surface area contributed by atoms with Crippen molar-refractivity contribution in [2.75, 3.05) is 6.73 Å². The van der Waals surface area contributed by atoms with E-state index in [0.717, 1.165) is 19.3 Å². The third-order valence-corrected chi connectivity index (χ3v) is 2.64. The first-order valence-corrected chi connectivity index (χ1v) is 6.58. The second kappa shape index (κ2) is 7.16. The summed E-state index contributed by atoms with van der Waals surface area (Å²) in [6.07, 6.45) is 7.76.